The van der Waals surface area contributed by atoms with Crippen LogP contribution in [0.15, 0.2) is 48.5 Å². The van der Waals surface area contributed by atoms with Crippen molar-refractivity contribution in [2.24, 2.45) is 0 Å². The van der Waals surface area contributed by atoms with E-state index in [1.54, 1.807) is 6.92 Å². The normalized spacial score (nSPS) is 11.7. The van der Waals surface area contributed by atoms with Gasteiger partial charge in [0.1, 0.15) is 16.5 Å². The van der Waals surface area contributed by atoms with Gasteiger partial charge in [0.25, 0.3) is 5.91 Å². The number of esters is 1. The van der Waals surface area contributed by atoms with Gasteiger partial charge >= 0.3 is 5.97 Å². The number of carbonyl (C=O) groups excluding carboxylic acids is 2. The third-order valence-electron chi connectivity index (χ3n) is 3.81. The number of thiazole rings is 1. The van der Waals surface area contributed by atoms with Crippen LogP contribution in [-0.2, 0) is 9.53 Å². The number of carbonyl (C=O) groups is 2. The summed E-state index contributed by atoms with van der Waals surface area (Å²) in [6, 6.07) is 11.9. The standard InChI is InChI=1S/C20H16F2N2O3S/c1-11(19(25)24-16-9-8-14(21)10-15(16)22)27-20(26)18-17(23-12(2)28-18)13-6-4-3-5-7-13/h3-11H,1-2H3,(H,24,25)/t11-/m0/s1. The molecule has 0 unspecified atom stereocenters. The van der Waals surface area contributed by atoms with E-state index in [2.05, 4.69) is 10.3 Å². The quantitative estimate of drug-likeness (QED) is 0.635. The van der Waals surface area contributed by atoms with E-state index in [1.165, 1.54) is 6.92 Å². The summed E-state index contributed by atoms with van der Waals surface area (Å²) in [5.41, 5.74) is 1.03. The molecule has 28 heavy (non-hydrogen) atoms. The average Bonchev–Trinajstić information content (AvgIpc) is 3.06. The Labute approximate surface area is 164 Å². The van der Waals surface area contributed by atoms with Crippen LogP contribution in [0.4, 0.5) is 14.5 Å². The Morgan fingerprint density at radius 3 is 2.54 bits per heavy atom. The zero-order chi connectivity index (χ0) is 20.3. The minimum absolute atomic E-state index is 0.201. The maximum atomic E-state index is 13.7. The number of halogens is 2. The summed E-state index contributed by atoms with van der Waals surface area (Å²) in [5, 5.41) is 2.95. The highest BCUT2D eigenvalue weighted by Crippen LogP contribution is 2.29. The Kier molecular flexibility index (Phi) is 5.79. The van der Waals surface area contributed by atoms with Gasteiger partial charge in [-0.3, -0.25) is 4.79 Å². The smallest absolute Gasteiger partial charge is 0.351 e. The molecule has 0 saturated heterocycles. The number of rotatable bonds is 5. The lowest BCUT2D eigenvalue weighted by Gasteiger charge is -2.14. The first kappa shape index (κ1) is 19.6. The van der Waals surface area contributed by atoms with Crippen molar-refractivity contribution < 1.29 is 23.1 Å². The minimum Gasteiger partial charge on any atom is -0.448 e. The lowest BCUT2D eigenvalue weighted by atomic mass is 10.1. The Morgan fingerprint density at radius 1 is 1.14 bits per heavy atom. The van der Waals surface area contributed by atoms with Crippen LogP contribution in [0.3, 0.4) is 0 Å². The summed E-state index contributed by atoms with van der Waals surface area (Å²) in [6.45, 7) is 3.13. The molecule has 3 rings (SSSR count). The zero-order valence-corrected chi connectivity index (χ0v) is 15.8. The molecule has 2 aromatic carbocycles. The highest BCUT2D eigenvalue weighted by molar-refractivity contribution is 7.14. The average molecular weight is 402 g/mol. The molecular weight excluding hydrogens is 386 g/mol. The van der Waals surface area contributed by atoms with Crippen LogP contribution < -0.4 is 5.32 Å². The number of nitrogens with zero attached hydrogens (tertiary/aromatic N) is 1. The fraction of sp³-hybridized carbons (Fsp3) is 0.150. The molecule has 0 aliphatic carbocycles. The number of ether oxygens (including phenoxy) is 1. The number of nitrogens with one attached hydrogen (secondary N) is 1. The van der Waals surface area contributed by atoms with Gasteiger partial charge in [-0.1, -0.05) is 30.3 Å². The fourth-order valence-electron chi connectivity index (χ4n) is 2.45. The summed E-state index contributed by atoms with van der Waals surface area (Å²) in [7, 11) is 0. The molecule has 1 amide bonds. The molecule has 1 heterocycles. The highest BCUT2D eigenvalue weighted by Gasteiger charge is 2.24. The zero-order valence-electron chi connectivity index (χ0n) is 15.0. The van der Waals surface area contributed by atoms with Crippen molar-refractivity contribution in [1.82, 2.24) is 4.98 Å². The second-order valence-electron chi connectivity index (χ2n) is 5.94. The molecule has 144 valence electrons. The van der Waals surface area contributed by atoms with Gasteiger partial charge in [-0.2, -0.15) is 0 Å². The Bertz CT molecular complexity index is 1020. The summed E-state index contributed by atoms with van der Waals surface area (Å²) in [5.74, 6) is -3.12. The van der Waals surface area contributed by atoms with Gasteiger partial charge in [-0.05, 0) is 26.0 Å². The van der Waals surface area contributed by atoms with Gasteiger partial charge in [0.05, 0.1) is 16.4 Å². The highest BCUT2D eigenvalue weighted by atomic mass is 32.1. The summed E-state index contributed by atoms with van der Waals surface area (Å²) in [4.78, 5) is 29.4. The lowest BCUT2D eigenvalue weighted by molar-refractivity contribution is -0.123. The third kappa shape index (κ3) is 4.40. The number of benzene rings is 2. The molecule has 0 fully saturated rings. The van der Waals surface area contributed by atoms with Crippen molar-refractivity contribution in [2.45, 2.75) is 20.0 Å². The van der Waals surface area contributed by atoms with Gasteiger partial charge in [0.2, 0.25) is 0 Å². The molecule has 5 nitrogen and oxygen atoms in total. The molecule has 1 N–H and O–H groups in total. The summed E-state index contributed by atoms with van der Waals surface area (Å²) in [6.07, 6.45) is -1.19. The summed E-state index contributed by atoms with van der Waals surface area (Å²) >= 11 is 1.16. The SMILES string of the molecule is Cc1nc(-c2ccccc2)c(C(=O)O[C@@H](C)C(=O)Nc2ccc(F)cc2F)s1. The molecular formula is C20H16F2N2O3S. The number of aromatic nitrogens is 1. The molecule has 0 aliphatic rings. The Morgan fingerprint density at radius 2 is 1.86 bits per heavy atom. The van der Waals surface area contributed by atoms with Crippen LogP contribution in [0, 0.1) is 18.6 Å². The third-order valence-corrected chi connectivity index (χ3v) is 4.76. The maximum absolute atomic E-state index is 13.7. The van der Waals surface area contributed by atoms with Gasteiger partial charge in [-0.15, -0.1) is 11.3 Å². The molecule has 0 spiro atoms. The molecule has 0 radical (unpaired) electrons. The van der Waals surface area contributed by atoms with Crippen molar-refractivity contribution in [3.05, 3.63) is 70.1 Å². The van der Waals surface area contributed by atoms with E-state index in [0.717, 1.165) is 29.0 Å². The number of hydrogen-bond acceptors (Lipinski definition) is 5. The van der Waals surface area contributed by atoms with Crippen LogP contribution >= 0.6 is 11.3 Å². The van der Waals surface area contributed by atoms with Gasteiger partial charge < -0.3 is 10.1 Å². The number of amides is 1. The van der Waals surface area contributed by atoms with Crippen molar-refractivity contribution >= 4 is 28.9 Å². The van der Waals surface area contributed by atoms with Gasteiger partial charge in [-0.25, -0.2) is 18.6 Å². The number of aryl methyl sites for hydroxylation is 1. The van der Waals surface area contributed by atoms with Crippen molar-refractivity contribution in [3.63, 3.8) is 0 Å². The van der Waals surface area contributed by atoms with Crippen molar-refractivity contribution in [2.75, 3.05) is 5.32 Å². The maximum Gasteiger partial charge on any atom is 0.351 e. The molecule has 1 aromatic heterocycles. The number of anilines is 1. The first-order chi connectivity index (χ1) is 13.3. The molecule has 0 bridgehead atoms. The Balaban J connectivity index is 1.73. The van der Waals surface area contributed by atoms with Gasteiger partial charge in [0.15, 0.2) is 6.10 Å². The van der Waals surface area contributed by atoms with E-state index < -0.39 is 29.6 Å². The topological polar surface area (TPSA) is 68.3 Å². The van der Waals surface area contributed by atoms with Crippen molar-refractivity contribution in [3.8, 4) is 11.3 Å². The van der Waals surface area contributed by atoms with E-state index >= 15 is 0 Å². The molecule has 0 saturated carbocycles. The molecule has 0 aliphatic heterocycles. The van der Waals surface area contributed by atoms with Crippen LogP contribution in [0.5, 0.6) is 0 Å². The second kappa shape index (κ2) is 8.26. The molecule has 1 atom stereocenters. The van der Waals surface area contributed by atoms with E-state index in [4.69, 9.17) is 4.74 Å². The van der Waals surface area contributed by atoms with E-state index in [1.807, 2.05) is 30.3 Å². The van der Waals surface area contributed by atoms with E-state index in [9.17, 15) is 18.4 Å². The number of hydrogen-bond donors (Lipinski definition) is 1. The van der Waals surface area contributed by atoms with E-state index in [-0.39, 0.29) is 10.6 Å². The van der Waals surface area contributed by atoms with Gasteiger partial charge in [0, 0.05) is 11.6 Å². The summed E-state index contributed by atoms with van der Waals surface area (Å²) < 4.78 is 31.9. The fourth-order valence-corrected chi connectivity index (χ4v) is 3.27. The molecule has 3 aromatic rings. The minimum atomic E-state index is -1.19. The lowest BCUT2D eigenvalue weighted by Crippen LogP contribution is -2.30. The predicted octanol–water partition coefficient (Wildman–Crippen LogP) is 4.58. The monoisotopic (exact) mass is 402 g/mol. The predicted molar refractivity (Wildman–Crippen MR) is 102 cm³/mol. The second-order valence-corrected chi connectivity index (χ2v) is 7.14. The first-order valence-electron chi connectivity index (χ1n) is 8.35. The largest absolute Gasteiger partial charge is 0.448 e. The van der Waals surface area contributed by atoms with Crippen LogP contribution in [0.25, 0.3) is 11.3 Å². The first-order valence-corrected chi connectivity index (χ1v) is 9.16. The van der Waals surface area contributed by atoms with Crippen molar-refractivity contribution in [1.29, 1.82) is 0 Å². The van der Waals surface area contributed by atoms with E-state index in [0.29, 0.717) is 16.8 Å². The van der Waals surface area contributed by atoms with Crippen LogP contribution in [0.1, 0.15) is 21.6 Å². The van der Waals surface area contributed by atoms with Crippen LogP contribution in [0.2, 0.25) is 0 Å². The molecule has 8 heteroatoms. The Hall–Kier alpha value is -3.13. The van der Waals surface area contributed by atoms with Crippen LogP contribution in [-0.4, -0.2) is 23.0 Å².